The van der Waals surface area contributed by atoms with E-state index in [2.05, 4.69) is 35.5 Å². The van der Waals surface area contributed by atoms with Gasteiger partial charge in [0.2, 0.25) is 0 Å². The zero-order valence-electron chi connectivity index (χ0n) is 12.8. The van der Waals surface area contributed by atoms with Crippen LogP contribution in [-0.2, 0) is 13.5 Å². The van der Waals surface area contributed by atoms with Crippen molar-refractivity contribution in [3.8, 4) is 0 Å². The molecule has 2 heterocycles. The zero-order valence-corrected chi connectivity index (χ0v) is 12.8. The zero-order chi connectivity index (χ0) is 14.8. The predicted molar refractivity (Wildman–Crippen MR) is 84.3 cm³/mol. The molecule has 0 spiro atoms. The highest BCUT2D eigenvalue weighted by Gasteiger charge is 2.18. The summed E-state index contributed by atoms with van der Waals surface area (Å²) in [5, 5.41) is 9.08. The van der Waals surface area contributed by atoms with E-state index < -0.39 is 0 Å². The first-order valence-corrected chi connectivity index (χ1v) is 7.38. The molecule has 1 unspecified atom stereocenters. The Hall–Kier alpha value is -2.07. The lowest BCUT2D eigenvalue weighted by molar-refractivity contribution is 0.427. The van der Waals surface area contributed by atoms with Crippen LogP contribution >= 0.6 is 0 Å². The van der Waals surface area contributed by atoms with Crippen molar-refractivity contribution in [1.29, 1.82) is 0 Å². The highest BCUT2D eigenvalue weighted by molar-refractivity contribution is 5.77. The summed E-state index contributed by atoms with van der Waals surface area (Å²) in [6, 6.07) is 12.6. The summed E-state index contributed by atoms with van der Waals surface area (Å²) in [6.07, 6.45) is 0.866. The van der Waals surface area contributed by atoms with Crippen LogP contribution in [-0.4, -0.2) is 16.3 Å². The van der Waals surface area contributed by atoms with Crippen molar-refractivity contribution in [2.75, 3.05) is 6.54 Å². The fraction of sp³-hybridized carbons (Fsp3) is 0.353. The van der Waals surface area contributed by atoms with Gasteiger partial charge in [-0.05, 0) is 31.7 Å². The van der Waals surface area contributed by atoms with Crippen molar-refractivity contribution in [2.24, 2.45) is 7.05 Å². The van der Waals surface area contributed by atoms with Gasteiger partial charge >= 0.3 is 0 Å². The normalized spacial score (nSPS) is 12.9. The number of hydrogen-bond acceptors (Lipinski definition) is 3. The van der Waals surface area contributed by atoms with E-state index in [1.165, 1.54) is 5.69 Å². The number of nitrogens with zero attached hydrogens (tertiary/aromatic N) is 2. The number of furan rings is 1. The summed E-state index contributed by atoms with van der Waals surface area (Å²) < 4.78 is 7.96. The molecule has 0 saturated heterocycles. The van der Waals surface area contributed by atoms with Crippen LogP contribution < -0.4 is 5.32 Å². The van der Waals surface area contributed by atoms with E-state index in [4.69, 9.17) is 4.42 Å². The van der Waals surface area contributed by atoms with Crippen LogP contribution in [0.4, 0.5) is 0 Å². The topological polar surface area (TPSA) is 43.0 Å². The largest absolute Gasteiger partial charge is 0.459 e. The van der Waals surface area contributed by atoms with Gasteiger partial charge in [0, 0.05) is 24.5 Å². The first-order valence-electron chi connectivity index (χ1n) is 7.38. The number of likely N-dealkylation sites (N-methyl/N-ethyl adjacent to an activating group) is 1. The highest BCUT2D eigenvalue weighted by Crippen LogP contribution is 2.26. The fourth-order valence-electron chi connectivity index (χ4n) is 2.76. The first kappa shape index (κ1) is 13.9. The smallest absolute Gasteiger partial charge is 0.134 e. The SMILES string of the molecule is CCNC(Cc1cc(C)nn1C)c1cc2ccccc2o1. The van der Waals surface area contributed by atoms with Gasteiger partial charge in [0.15, 0.2) is 0 Å². The second-order valence-electron chi connectivity index (χ2n) is 5.40. The third kappa shape index (κ3) is 2.85. The molecule has 1 aromatic carbocycles. The summed E-state index contributed by atoms with van der Waals surface area (Å²) in [7, 11) is 1.99. The summed E-state index contributed by atoms with van der Waals surface area (Å²) in [5.74, 6) is 0.983. The Morgan fingerprint density at radius 3 is 2.76 bits per heavy atom. The lowest BCUT2D eigenvalue weighted by atomic mass is 10.1. The van der Waals surface area contributed by atoms with Crippen LogP contribution in [0.5, 0.6) is 0 Å². The van der Waals surface area contributed by atoms with Crippen molar-refractivity contribution in [1.82, 2.24) is 15.1 Å². The van der Waals surface area contributed by atoms with Crippen LogP contribution in [0.1, 0.15) is 30.1 Å². The molecular weight excluding hydrogens is 262 g/mol. The van der Waals surface area contributed by atoms with E-state index in [1.807, 2.05) is 36.9 Å². The molecule has 0 fully saturated rings. The Labute approximate surface area is 124 Å². The van der Waals surface area contributed by atoms with Crippen LogP contribution in [0, 0.1) is 6.92 Å². The molecule has 3 rings (SSSR count). The Bertz CT molecular complexity index is 708. The van der Waals surface area contributed by atoms with E-state index in [0.29, 0.717) is 0 Å². The summed E-state index contributed by atoms with van der Waals surface area (Å²) in [4.78, 5) is 0. The predicted octanol–water partition coefficient (Wildman–Crippen LogP) is 3.37. The van der Waals surface area contributed by atoms with Gasteiger partial charge < -0.3 is 9.73 Å². The number of nitrogens with one attached hydrogen (secondary N) is 1. The van der Waals surface area contributed by atoms with Gasteiger partial charge in [0.25, 0.3) is 0 Å². The van der Waals surface area contributed by atoms with E-state index in [1.54, 1.807) is 0 Å². The summed E-state index contributed by atoms with van der Waals surface area (Å²) >= 11 is 0. The van der Waals surface area contributed by atoms with Crippen molar-refractivity contribution in [2.45, 2.75) is 26.3 Å². The van der Waals surface area contributed by atoms with Crippen LogP contribution in [0.25, 0.3) is 11.0 Å². The monoisotopic (exact) mass is 283 g/mol. The quantitative estimate of drug-likeness (QED) is 0.780. The molecule has 0 aliphatic rings. The Balaban J connectivity index is 1.91. The first-order chi connectivity index (χ1) is 10.2. The van der Waals surface area contributed by atoms with Gasteiger partial charge in [-0.2, -0.15) is 5.10 Å². The molecule has 0 amide bonds. The maximum absolute atomic E-state index is 6.01. The number of aryl methyl sites for hydroxylation is 2. The van der Waals surface area contributed by atoms with Gasteiger partial charge in [-0.1, -0.05) is 25.1 Å². The van der Waals surface area contributed by atoms with Crippen LogP contribution in [0.2, 0.25) is 0 Å². The molecule has 1 N–H and O–H groups in total. The van der Waals surface area contributed by atoms with Crippen LogP contribution in [0.15, 0.2) is 40.8 Å². The fourth-order valence-corrected chi connectivity index (χ4v) is 2.76. The summed E-state index contributed by atoms with van der Waals surface area (Å²) in [6.45, 7) is 5.04. The van der Waals surface area contributed by atoms with E-state index in [9.17, 15) is 0 Å². The van der Waals surface area contributed by atoms with E-state index >= 15 is 0 Å². The van der Waals surface area contributed by atoms with E-state index in [-0.39, 0.29) is 6.04 Å². The van der Waals surface area contributed by atoms with Crippen molar-refractivity contribution in [3.05, 3.63) is 53.5 Å². The third-order valence-corrected chi connectivity index (χ3v) is 3.75. The lowest BCUT2D eigenvalue weighted by Crippen LogP contribution is -2.23. The minimum atomic E-state index is 0.164. The lowest BCUT2D eigenvalue weighted by Gasteiger charge is -2.15. The number of para-hydroxylation sites is 1. The molecule has 21 heavy (non-hydrogen) atoms. The average Bonchev–Trinajstić information content (AvgIpc) is 3.01. The van der Waals surface area contributed by atoms with Gasteiger partial charge in [0.05, 0.1) is 11.7 Å². The molecule has 0 radical (unpaired) electrons. The highest BCUT2D eigenvalue weighted by atomic mass is 16.3. The number of benzene rings is 1. The number of aromatic nitrogens is 2. The number of rotatable bonds is 5. The Kier molecular flexibility index (Phi) is 3.80. The van der Waals surface area contributed by atoms with Crippen molar-refractivity contribution >= 4 is 11.0 Å². The average molecular weight is 283 g/mol. The molecule has 0 aliphatic heterocycles. The molecule has 1 atom stereocenters. The Morgan fingerprint density at radius 2 is 2.10 bits per heavy atom. The van der Waals surface area contributed by atoms with Crippen LogP contribution in [0.3, 0.4) is 0 Å². The molecule has 2 aromatic heterocycles. The summed E-state index contributed by atoms with van der Waals surface area (Å²) in [5.41, 5.74) is 3.20. The maximum atomic E-state index is 6.01. The molecule has 4 nitrogen and oxygen atoms in total. The van der Waals surface area contributed by atoms with Crippen molar-refractivity contribution in [3.63, 3.8) is 0 Å². The molecule has 3 aromatic rings. The number of hydrogen-bond donors (Lipinski definition) is 1. The minimum Gasteiger partial charge on any atom is -0.459 e. The standard InChI is InChI=1S/C17H21N3O/c1-4-18-15(11-14-9-12(2)19-20(14)3)17-10-13-7-5-6-8-16(13)21-17/h5-10,15,18H,4,11H2,1-3H3. The van der Waals surface area contributed by atoms with Gasteiger partial charge in [0.1, 0.15) is 11.3 Å². The molecule has 4 heteroatoms. The van der Waals surface area contributed by atoms with E-state index in [0.717, 1.165) is 35.4 Å². The minimum absolute atomic E-state index is 0.164. The van der Waals surface area contributed by atoms with Gasteiger partial charge in [-0.25, -0.2) is 0 Å². The van der Waals surface area contributed by atoms with Crippen molar-refractivity contribution < 1.29 is 4.42 Å². The molecule has 0 aliphatic carbocycles. The molecule has 0 saturated carbocycles. The second-order valence-corrected chi connectivity index (χ2v) is 5.40. The second kappa shape index (κ2) is 5.74. The maximum Gasteiger partial charge on any atom is 0.134 e. The molecule has 110 valence electrons. The number of fused-ring (bicyclic) bond motifs is 1. The van der Waals surface area contributed by atoms with Gasteiger partial charge in [-0.15, -0.1) is 0 Å². The van der Waals surface area contributed by atoms with Gasteiger partial charge in [-0.3, -0.25) is 4.68 Å². The molecule has 0 bridgehead atoms. The molecular formula is C17H21N3O. The third-order valence-electron chi connectivity index (χ3n) is 3.75. The Morgan fingerprint density at radius 1 is 1.29 bits per heavy atom.